The van der Waals surface area contributed by atoms with Gasteiger partial charge in [0, 0.05) is 19.8 Å². The van der Waals surface area contributed by atoms with Gasteiger partial charge in [0.2, 0.25) is 0 Å². The van der Waals surface area contributed by atoms with Crippen LogP contribution in [0.5, 0.6) is 0 Å². The summed E-state index contributed by atoms with van der Waals surface area (Å²) in [5, 5.41) is 29.7. The predicted octanol–water partition coefficient (Wildman–Crippen LogP) is -1.19. The Balaban J connectivity index is -0.0000000865. The molecule has 0 aromatic rings. The summed E-state index contributed by atoms with van der Waals surface area (Å²) in [6.45, 7) is 11.4. The maximum Gasteiger partial charge on any atom is 3.00 e. The molecule has 0 aromatic carbocycles. The summed E-state index contributed by atoms with van der Waals surface area (Å²) < 4.78 is 13.5. The second-order valence-corrected chi connectivity index (χ2v) is 3.07. The summed E-state index contributed by atoms with van der Waals surface area (Å²) in [5.41, 5.74) is 0. The number of hydrogen-bond donors (Lipinski definition) is 0. The third kappa shape index (κ3) is 56.2. The van der Waals surface area contributed by atoms with Crippen molar-refractivity contribution in [1.82, 2.24) is 0 Å². The molecule has 114 valence electrons. The van der Waals surface area contributed by atoms with Crippen molar-refractivity contribution >= 4 is 17.4 Å². The molecule has 0 aliphatic carbocycles. The Morgan fingerprint density at radius 3 is 0.789 bits per heavy atom. The molecule has 7 heteroatoms. The van der Waals surface area contributed by atoms with Crippen LogP contribution in [-0.2, 0) is 14.2 Å². The molecule has 3 unspecified atom stereocenters. The van der Waals surface area contributed by atoms with Gasteiger partial charge in [-0.3, -0.25) is 0 Å². The van der Waals surface area contributed by atoms with Crippen molar-refractivity contribution in [3.63, 3.8) is 0 Å². The van der Waals surface area contributed by atoms with E-state index in [0.717, 1.165) is 0 Å². The Hall–Kier alpha value is 0.292. The Bertz CT molecular complexity index is 110. The van der Waals surface area contributed by atoms with E-state index in [2.05, 4.69) is 14.2 Å². The van der Waals surface area contributed by atoms with Crippen LogP contribution in [0.4, 0.5) is 0 Å². The first-order valence-electron chi connectivity index (χ1n) is 6.13. The summed E-state index contributed by atoms with van der Waals surface area (Å²) in [4.78, 5) is 0. The monoisotopic (exact) mass is 294 g/mol. The van der Waals surface area contributed by atoms with Gasteiger partial charge in [-0.05, 0) is 39.6 Å². The van der Waals surface area contributed by atoms with Gasteiger partial charge < -0.3 is 29.5 Å². The zero-order valence-electron chi connectivity index (χ0n) is 12.9. The summed E-state index contributed by atoms with van der Waals surface area (Å²) in [6.07, 6.45) is -2.56. The SMILES string of the molecule is CCOC(C)[O-].CCOC(C)[O-].CCOC(C)[O-].[Al+3]. The molecule has 0 heterocycles. The van der Waals surface area contributed by atoms with Gasteiger partial charge in [0.25, 0.3) is 0 Å². The second kappa shape index (κ2) is 23.4. The summed E-state index contributed by atoms with van der Waals surface area (Å²) in [6, 6.07) is 0. The normalized spacial score (nSPS) is 13.7. The van der Waals surface area contributed by atoms with Gasteiger partial charge in [-0.2, -0.15) is 0 Å². The first-order valence-corrected chi connectivity index (χ1v) is 6.13. The van der Waals surface area contributed by atoms with Crippen LogP contribution in [-0.4, -0.2) is 56.1 Å². The predicted molar refractivity (Wildman–Crippen MR) is 69.0 cm³/mol. The van der Waals surface area contributed by atoms with Crippen molar-refractivity contribution in [1.29, 1.82) is 0 Å². The Morgan fingerprint density at radius 2 is 0.789 bits per heavy atom. The molecule has 0 aromatic heterocycles. The molecule has 0 fully saturated rings. The number of rotatable bonds is 6. The van der Waals surface area contributed by atoms with Crippen LogP contribution in [0.2, 0.25) is 0 Å². The van der Waals surface area contributed by atoms with E-state index in [1.54, 1.807) is 20.8 Å². The summed E-state index contributed by atoms with van der Waals surface area (Å²) in [7, 11) is 0. The Labute approximate surface area is 127 Å². The van der Waals surface area contributed by atoms with E-state index in [4.69, 9.17) is 0 Å². The van der Waals surface area contributed by atoms with E-state index in [0.29, 0.717) is 19.8 Å². The van der Waals surface area contributed by atoms with Gasteiger partial charge in [0.05, 0.1) is 0 Å². The average molecular weight is 294 g/mol. The molecule has 0 saturated heterocycles. The molecule has 6 nitrogen and oxygen atoms in total. The van der Waals surface area contributed by atoms with Gasteiger partial charge in [-0.15, -0.1) is 0 Å². The van der Waals surface area contributed by atoms with Crippen LogP contribution in [0.15, 0.2) is 0 Å². The number of hydrogen-bond acceptors (Lipinski definition) is 6. The molecule has 0 aliphatic rings. The largest absolute Gasteiger partial charge is 3.00 e. The molecule has 0 rings (SSSR count). The van der Waals surface area contributed by atoms with Gasteiger partial charge in [-0.1, -0.05) is 20.8 Å². The minimum Gasteiger partial charge on any atom is -0.831 e. The van der Waals surface area contributed by atoms with Crippen LogP contribution in [0, 0.1) is 0 Å². The zero-order chi connectivity index (χ0) is 15.0. The van der Waals surface area contributed by atoms with Gasteiger partial charge >= 0.3 is 17.4 Å². The molecular weight excluding hydrogens is 267 g/mol. The van der Waals surface area contributed by atoms with Crippen molar-refractivity contribution in [3.05, 3.63) is 0 Å². The number of ether oxygens (including phenoxy) is 3. The maximum absolute atomic E-state index is 9.90. The standard InChI is InChI=1S/3C4H9O2.Al/c3*1-3-6-4(2)5;/h3*4H,3H2,1-2H3;/q3*-1;+3. The van der Waals surface area contributed by atoms with Crippen molar-refractivity contribution in [3.8, 4) is 0 Å². The molecule has 19 heavy (non-hydrogen) atoms. The van der Waals surface area contributed by atoms with Crippen LogP contribution in [0.3, 0.4) is 0 Å². The van der Waals surface area contributed by atoms with Gasteiger partial charge in [0.1, 0.15) is 0 Å². The quantitative estimate of drug-likeness (QED) is 0.451. The second-order valence-electron chi connectivity index (χ2n) is 3.07. The molecular formula is C12H27AlO6. The molecule has 3 atom stereocenters. The van der Waals surface area contributed by atoms with Crippen molar-refractivity contribution in [2.24, 2.45) is 0 Å². The summed E-state index contributed by atoms with van der Waals surface area (Å²) in [5.74, 6) is 0. The molecule has 0 amide bonds. The topological polar surface area (TPSA) is 96.9 Å². The first kappa shape index (κ1) is 27.6. The fraction of sp³-hybridized carbons (Fsp3) is 1.00. The smallest absolute Gasteiger partial charge is 0.831 e. The zero-order valence-corrected chi connectivity index (χ0v) is 14.0. The molecule has 0 aliphatic heterocycles. The van der Waals surface area contributed by atoms with E-state index in [1.807, 2.05) is 0 Å². The van der Waals surface area contributed by atoms with Crippen molar-refractivity contribution < 1.29 is 29.5 Å². The molecule has 0 bridgehead atoms. The van der Waals surface area contributed by atoms with E-state index >= 15 is 0 Å². The van der Waals surface area contributed by atoms with Crippen LogP contribution >= 0.6 is 0 Å². The average Bonchev–Trinajstić information content (AvgIpc) is 2.18. The molecule has 0 saturated carbocycles. The molecule has 0 N–H and O–H groups in total. The minimum absolute atomic E-state index is 0. The maximum atomic E-state index is 9.90. The van der Waals surface area contributed by atoms with E-state index in [1.165, 1.54) is 20.8 Å². The molecule has 0 radical (unpaired) electrons. The van der Waals surface area contributed by atoms with E-state index in [-0.39, 0.29) is 17.4 Å². The van der Waals surface area contributed by atoms with Crippen LogP contribution in [0.1, 0.15) is 41.5 Å². The molecule has 0 spiro atoms. The third-order valence-corrected chi connectivity index (χ3v) is 1.20. The minimum atomic E-state index is -0.852. The van der Waals surface area contributed by atoms with Crippen molar-refractivity contribution in [2.75, 3.05) is 19.8 Å². The van der Waals surface area contributed by atoms with Crippen LogP contribution < -0.4 is 15.3 Å². The van der Waals surface area contributed by atoms with E-state index in [9.17, 15) is 15.3 Å². The fourth-order valence-electron chi connectivity index (χ4n) is 0.704. The third-order valence-electron chi connectivity index (χ3n) is 1.20. The van der Waals surface area contributed by atoms with Gasteiger partial charge in [-0.25, -0.2) is 0 Å². The first-order chi connectivity index (χ1) is 8.31. The Morgan fingerprint density at radius 1 is 0.632 bits per heavy atom. The van der Waals surface area contributed by atoms with Gasteiger partial charge in [0.15, 0.2) is 0 Å². The Kier molecular flexibility index (Phi) is 34.0. The summed E-state index contributed by atoms with van der Waals surface area (Å²) >= 11 is 0. The van der Waals surface area contributed by atoms with E-state index < -0.39 is 18.9 Å². The van der Waals surface area contributed by atoms with Crippen molar-refractivity contribution in [2.45, 2.75) is 60.4 Å². The van der Waals surface area contributed by atoms with Crippen LogP contribution in [0.25, 0.3) is 0 Å². The fourth-order valence-corrected chi connectivity index (χ4v) is 0.704.